The van der Waals surface area contributed by atoms with E-state index >= 15 is 0 Å². The molecule has 5 atom stereocenters. The van der Waals surface area contributed by atoms with Crippen molar-refractivity contribution in [1.82, 2.24) is 34.9 Å². The van der Waals surface area contributed by atoms with E-state index in [1.54, 1.807) is 35.5 Å². The maximum Gasteiger partial charge on any atom is 0.472 e. The van der Waals surface area contributed by atoms with Crippen LogP contribution in [0.5, 0.6) is 0 Å². The number of rotatable bonds is 18. The summed E-state index contributed by atoms with van der Waals surface area (Å²) in [5.74, 6) is -0.178. The van der Waals surface area contributed by atoms with E-state index in [1.165, 1.54) is 18.7 Å². The summed E-state index contributed by atoms with van der Waals surface area (Å²) in [5.41, 5.74) is 2.90. The summed E-state index contributed by atoms with van der Waals surface area (Å²) in [4.78, 5) is 77.3. The average Bonchev–Trinajstić information content (AvgIpc) is 3.48. The molecule has 2 fully saturated rings. The smallest absolute Gasteiger partial charge is 0.382 e. The van der Waals surface area contributed by atoms with Gasteiger partial charge >= 0.3 is 7.82 Å². The number of pyridine rings is 1. The number of amides is 3. The van der Waals surface area contributed by atoms with Gasteiger partial charge in [0.05, 0.1) is 25.3 Å². The molecule has 0 bridgehead atoms. The predicted molar refractivity (Wildman–Crippen MR) is 207 cm³/mol. The first-order valence-corrected chi connectivity index (χ1v) is 20.5. The third-order valence-corrected chi connectivity index (χ3v) is 11.4. The number of halogens is 1. The van der Waals surface area contributed by atoms with Crippen molar-refractivity contribution < 1.29 is 42.4 Å². The Bertz CT molecular complexity index is 2170. The van der Waals surface area contributed by atoms with Gasteiger partial charge in [0.1, 0.15) is 41.1 Å². The number of carbonyl (C=O) groups excluding carboxylic acids is 4. The van der Waals surface area contributed by atoms with Crippen LogP contribution in [0.4, 0.5) is 5.82 Å². The molecule has 17 nitrogen and oxygen atoms in total. The van der Waals surface area contributed by atoms with Crippen LogP contribution in [-0.2, 0) is 45.8 Å². The maximum absolute atomic E-state index is 14.2. The number of ketones is 1. The molecule has 6 rings (SSSR count). The average molecular weight is 856 g/mol. The van der Waals surface area contributed by atoms with Crippen LogP contribution in [0.3, 0.4) is 0 Å². The fraction of sp³-hybridized carbons (Fsp3) is 0.459. The number of hydrogen-bond acceptors (Lipinski definition) is 12. The molecule has 0 spiro atoms. The molecule has 298 valence electrons. The Morgan fingerprint density at radius 3 is 2.55 bits per heavy atom. The number of aryl methyl sites for hydroxylation is 1. The lowest BCUT2D eigenvalue weighted by atomic mass is 10.0. The topological polar surface area (TPSA) is 217 Å². The number of unbranched alkanes of at least 4 members (excludes halogenated alkanes) is 1. The number of piperidine rings is 1. The van der Waals surface area contributed by atoms with Gasteiger partial charge in [-0.25, -0.2) is 19.5 Å². The number of nitrogens with zero attached hydrogens (tertiary/aromatic N) is 6. The highest BCUT2D eigenvalue weighted by Gasteiger charge is 2.63. The van der Waals surface area contributed by atoms with Crippen LogP contribution in [0.2, 0.25) is 0 Å². The second-order valence-corrected chi connectivity index (χ2v) is 16.1. The summed E-state index contributed by atoms with van der Waals surface area (Å²) in [6.07, 6.45) is 6.78. The van der Waals surface area contributed by atoms with Crippen molar-refractivity contribution in [2.45, 2.75) is 71.6 Å². The highest BCUT2D eigenvalue weighted by atomic mass is 79.9. The zero-order valence-electron chi connectivity index (χ0n) is 31.4. The molecule has 2 unspecified atom stereocenters. The van der Waals surface area contributed by atoms with E-state index in [2.05, 4.69) is 62.6 Å². The molecule has 0 radical (unpaired) electrons. The van der Waals surface area contributed by atoms with Crippen LogP contribution in [0.25, 0.3) is 22.0 Å². The number of Topliss-reactive ketones (excluding diaryl/α,β-unsaturated/α-hetero) is 1. The Morgan fingerprint density at radius 2 is 1.84 bits per heavy atom. The lowest BCUT2D eigenvalue weighted by molar-refractivity contribution is -0.139. The molecular weight excluding hydrogens is 811 g/mol. The fourth-order valence-electron chi connectivity index (χ4n) is 7.15. The first-order chi connectivity index (χ1) is 26.8. The number of phosphoric ester groups is 1. The molecule has 2 aliphatic rings. The molecule has 1 aliphatic heterocycles. The SMILES string of the molecule is CCCCC1[C@@H]2[C@H]1C[C@@H](C(=O)Nc1nc(Br)ccc1C)N2C(=O)Cn1nc(C(C)=O)c2cc(-c3cnc(CNC(=O)COP(=O)(O)OCCOC)nc3)ccc21. The van der Waals surface area contributed by atoms with E-state index in [-0.39, 0.29) is 67.4 Å². The van der Waals surface area contributed by atoms with Gasteiger partial charge in [-0.2, -0.15) is 5.10 Å². The zero-order valence-corrected chi connectivity index (χ0v) is 33.9. The minimum absolute atomic E-state index is 0.0308. The number of likely N-dealkylation sites (tertiary alicyclic amines) is 1. The monoisotopic (exact) mass is 854 g/mol. The van der Waals surface area contributed by atoms with Crippen LogP contribution >= 0.6 is 23.8 Å². The number of benzene rings is 1. The number of anilines is 1. The van der Waals surface area contributed by atoms with Gasteiger partial charge in [-0.3, -0.25) is 32.9 Å². The number of carbonyl (C=O) groups is 4. The third kappa shape index (κ3) is 9.56. The van der Waals surface area contributed by atoms with Crippen LogP contribution < -0.4 is 10.6 Å². The number of nitrogens with one attached hydrogen (secondary N) is 2. The van der Waals surface area contributed by atoms with Crippen molar-refractivity contribution in [1.29, 1.82) is 0 Å². The van der Waals surface area contributed by atoms with Gasteiger partial charge in [-0.1, -0.05) is 31.9 Å². The van der Waals surface area contributed by atoms with Gasteiger partial charge in [0.2, 0.25) is 17.7 Å². The lowest BCUT2D eigenvalue weighted by Crippen LogP contribution is -2.47. The third-order valence-electron chi connectivity index (χ3n) is 9.98. The van der Waals surface area contributed by atoms with Gasteiger partial charge in [-0.15, -0.1) is 0 Å². The van der Waals surface area contributed by atoms with E-state index < -0.39 is 26.4 Å². The van der Waals surface area contributed by atoms with Crippen LogP contribution in [0.15, 0.2) is 47.3 Å². The molecule has 3 amide bonds. The molecule has 56 heavy (non-hydrogen) atoms. The summed E-state index contributed by atoms with van der Waals surface area (Å²) < 4.78 is 28.1. The van der Waals surface area contributed by atoms with Crippen molar-refractivity contribution in [3.05, 3.63) is 64.4 Å². The molecule has 4 aromatic rings. The number of hydrogen-bond donors (Lipinski definition) is 3. The first-order valence-electron chi connectivity index (χ1n) is 18.3. The first kappa shape index (κ1) is 41.2. The largest absolute Gasteiger partial charge is 0.472 e. The quantitative estimate of drug-likeness (QED) is 0.0541. The Labute approximate surface area is 331 Å². The van der Waals surface area contributed by atoms with Crippen molar-refractivity contribution in [2.75, 3.05) is 32.2 Å². The lowest BCUT2D eigenvalue weighted by Gasteiger charge is -2.28. The van der Waals surface area contributed by atoms with Gasteiger partial charge in [-0.05, 0) is 76.9 Å². The fourth-order valence-corrected chi connectivity index (χ4v) is 8.12. The Kier molecular flexibility index (Phi) is 13.1. The molecule has 1 saturated heterocycles. The van der Waals surface area contributed by atoms with E-state index in [0.29, 0.717) is 44.8 Å². The van der Waals surface area contributed by atoms with E-state index in [0.717, 1.165) is 24.8 Å². The van der Waals surface area contributed by atoms with Gasteiger partial charge in [0.15, 0.2) is 5.78 Å². The summed E-state index contributed by atoms with van der Waals surface area (Å²) in [6, 6.07) is 8.35. The molecular formula is C37H44BrN8O9P. The minimum atomic E-state index is -4.41. The molecule has 19 heteroatoms. The Hall–Kier alpha value is -4.45. The van der Waals surface area contributed by atoms with Crippen molar-refractivity contribution in [2.24, 2.45) is 11.8 Å². The zero-order chi connectivity index (χ0) is 40.1. The molecule has 1 aliphatic carbocycles. The van der Waals surface area contributed by atoms with Gasteiger partial charge < -0.3 is 25.2 Å². The second-order valence-electron chi connectivity index (χ2n) is 13.8. The summed E-state index contributed by atoms with van der Waals surface area (Å²) in [5, 5.41) is 10.6. The van der Waals surface area contributed by atoms with Crippen molar-refractivity contribution in [3.8, 4) is 11.1 Å². The molecule has 3 N–H and O–H groups in total. The number of methoxy groups -OCH3 is 1. The number of fused-ring (bicyclic) bond motifs is 2. The van der Waals surface area contributed by atoms with Crippen LogP contribution in [-0.4, -0.2) is 97.0 Å². The van der Waals surface area contributed by atoms with E-state index in [1.807, 2.05) is 19.1 Å². The normalized spacial score (nSPS) is 19.7. The second kappa shape index (κ2) is 17.8. The molecule has 3 aromatic heterocycles. The highest BCUT2D eigenvalue weighted by molar-refractivity contribution is 9.10. The Morgan fingerprint density at radius 1 is 1.07 bits per heavy atom. The van der Waals surface area contributed by atoms with Crippen LogP contribution in [0, 0.1) is 18.8 Å². The number of ether oxygens (including phenoxy) is 1. The number of phosphoric acid groups is 1. The van der Waals surface area contributed by atoms with Crippen LogP contribution in [0.1, 0.15) is 61.4 Å². The molecule has 4 heterocycles. The maximum atomic E-state index is 14.2. The van der Waals surface area contributed by atoms with Crippen molar-refractivity contribution in [3.63, 3.8) is 0 Å². The summed E-state index contributed by atoms with van der Waals surface area (Å²) in [6.45, 7) is 4.38. The van der Waals surface area contributed by atoms with Gasteiger partial charge in [0.25, 0.3) is 0 Å². The standard InChI is InChI=1S/C37H44BrN8O9P/c1-5-6-7-25-26-15-29(37(50)43-36-21(2)8-11-30(38)42-36)46(35(25)26)33(49)19-45-28-10-9-23(14-27(28)34(44-45)22(3)47)24-16-39-31(40-17-24)18-41-32(48)20-55-56(51,52)54-13-12-53-4/h8-11,14,16-17,25-26,29,35H,5-7,12-13,15,18-20H2,1-4H3,(H,41,48)(H,51,52)(H,42,43,50)/t25?,26-,29-,35+/m0/s1. The van der Waals surface area contributed by atoms with E-state index in [4.69, 9.17) is 4.74 Å². The predicted octanol–water partition coefficient (Wildman–Crippen LogP) is 4.60. The molecule has 1 aromatic carbocycles. The molecule has 1 saturated carbocycles. The minimum Gasteiger partial charge on any atom is -0.382 e. The summed E-state index contributed by atoms with van der Waals surface area (Å²) in [7, 11) is -3.01. The van der Waals surface area contributed by atoms with Crippen molar-refractivity contribution >= 4 is 64.0 Å². The number of aromatic nitrogens is 5. The summed E-state index contributed by atoms with van der Waals surface area (Å²) >= 11 is 3.37. The van der Waals surface area contributed by atoms with E-state index in [9.17, 15) is 28.6 Å². The highest BCUT2D eigenvalue weighted by Crippen LogP contribution is 2.56. The van der Waals surface area contributed by atoms with Gasteiger partial charge in [0, 0.05) is 43.4 Å². The Balaban J connectivity index is 1.15.